The molecule has 2 atom stereocenters. The Morgan fingerprint density at radius 1 is 0.897 bits per heavy atom. The number of ether oxygens (including phenoxy) is 4. The van der Waals surface area contributed by atoms with Crippen LogP contribution in [0.25, 0.3) is 0 Å². The molecule has 150 valence electrons. The molecule has 2 amide bonds. The smallest absolute Gasteiger partial charge is 0.266 e. The summed E-state index contributed by atoms with van der Waals surface area (Å²) in [6.45, 7) is 6.18. The second kappa shape index (κ2) is 6.86. The van der Waals surface area contributed by atoms with Gasteiger partial charge in [0.15, 0.2) is 0 Å². The molecule has 3 aliphatic heterocycles. The van der Waals surface area contributed by atoms with Crippen LogP contribution in [-0.4, -0.2) is 50.4 Å². The van der Waals surface area contributed by atoms with E-state index in [1.165, 1.54) is 4.90 Å². The maximum absolute atomic E-state index is 13.0. The number of benzene rings is 2. The summed E-state index contributed by atoms with van der Waals surface area (Å²) in [4.78, 5) is 27.2. The third-order valence-electron chi connectivity index (χ3n) is 5.22. The molecule has 0 aromatic heterocycles. The average Bonchev–Trinajstić information content (AvgIpc) is 3.60. The lowest BCUT2D eigenvalue weighted by Crippen LogP contribution is -2.29. The maximum atomic E-state index is 13.0. The van der Waals surface area contributed by atoms with Crippen molar-refractivity contribution < 1.29 is 28.5 Å². The number of hydrogen-bond acceptors (Lipinski definition) is 6. The standard InChI is InChI=1S/C22H21NO6/c1-12-5-14(6-13(2)20(12)29-11-17-10-28-17)23-21(24)18-4-3-15(7-19(18)22(23)25)26-8-16-9-27-16/h3-7,16-17H,8-11H2,1-2H3. The SMILES string of the molecule is Cc1cc(N2C(=O)c3ccc(OCC4CO4)cc3C2=O)cc(C)c1OCC1CO1. The molecule has 3 heterocycles. The molecule has 0 N–H and O–H groups in total. The molecule has 0 radical (unpaired) electrons. The zero-order chi connectivity index (χ0) is 20.1. The highest BCUT2D eigenvalue weighted by molar-refractivity contribution is 6.34. The molecular formula is C22H21NO6. The van der Waals surface area contributed by atoms with Gasteiger partial charge in [-0.1, -0.05) is 0 Å². The van der Waals surface area contributed by atoms with Crippen molar-refractivity contribution in [3.05, 3.63) is 52.6 Å². The molecule has 0 saturated carbocycles. The number of carbonyl (C=O) groups excluding carboxylic acids is 2. The van der Waals surface area contributed by atoms with Gasteiger partial charge in [-0.15, -0.1) is 0 Å². The van der Waals surface area contributed by atoms with Gasteiger partial charge in [-0.25, -0.2) is 4.90 Å². The number of hydrogen-bond donors (Lipinski definition) is 0. The number of anilines is 1. The molecule has 0 bridgehead atoms. The summed E-state index contributed by atoms with van der Waals surface area (Å²) >= 11 is 0. The number of amides is 2. The van der Waals surface area contributed by atoms with Crippen LogP contribution in [0, 0.1) is 13.8 Å². The van der Waals surface area contributed by atoms with E-state index < -0.39 is 0 Å². The van der Waals surface area contributed by atoms with Crippen LogP contribution in [0.4, 0.5) is 5.69 Å². The van der Waals surface area contributed by atoms with Gasteiger partial charge in [0, 0.05) is 0 Å². The molecule has 0 spiro atoms. The normalized spacial score (nSPS) is 21.9. The van der Waals surface area contributed by atoms with Crippen LogP contribution in [0.15, 0.2) is 30.3 Å². The highest BCUT2D eigenvalue weighted by atomic mass is 16.6. The zero-order valence-electron chi connectivity index (χ0n) is 16.3. The lowest BCUT2D eigenvalue weighted by molar-refractivity contribution is 0.0926. The van der Waals surface area contributed by atoms with Crippen molar-refractivity contribution in [2.24, 2.45) is 0 Å². The molecule has 2 fully saturated rings. The Balaban J connectivity index is 1.40. The van der Waals surface area contributed by atoms with Crippen LogP contribution in [0.1, 0.15) is 31.8 Å². The predicted octanol–water partition coefficient (Wildman–Crippen LogP) is 2.66. The van der Waals surface area contributed by atoms with Crippen LogP contribution in [-0.2, 0) is 9.47 Å². The number of epoxide rings is 2. The number of carbonyl (C=O) groups is 2. The molecule has 7 nitrogen and oxygen atoms in total. The minimum Gasteiger partial charge on any atom is -0.491 e. The van der Waals surface area contributed by atoms with E-state index in [9.17, 15) is 9.59 Å². The first-order chi connectivity index (χ1) is 14.0. The summed E-state index contributed by atoms with van der Waals surface area (Å²) in [5, 5.41) is 0. The molecule has 2 saturated heterocycles. The minimum absolute atomic E-state index is 0.121. The van der Waals surface area contributed by atoms with E-state index in [2.05, 4.69) is 0 Å². The molecule has 3 aliphatic rings. The summed E-state index contributed by atoms with van der Waals surface area (Å²) in [7, 11) is 0. The molecule has 5 rings (SSSR count). The highest BCUT2D eigenvalue weighted by Gasteiger charge is 2.37. The summed E-state index contributed by atoms with van der Waals surface area (Å²) in [6, 6.07) is 8.60. The van der Waals surface area contributed by atoms with Gasteiger partial charge < -0.3 is 18.9 Å². The fourth-order valence-corrected chi connectivity index (χ4v) is 3.52. The van der Waals surface area contributed by atoms with Crippen LogP contribution < -0.4 is 14.4 Å². The molecule has 0 aliphatic carbocycles. The van der Waals surface area contributed by atoms with Gasteiger partial charge in [-0.05, 0) is 55.3 Å². The molecular weight excluding hydrogens is 374 g/mol. The van der Waals surface area contributed by atoms with Gasteiger partial charge in [-0.2, -0.15) is 0 Å². The first-order valence-electron chi connectivity index (χ1n) is 9.64. The van der Waals surface area contributed by atoms with Gasteiger partial charge in [-0.3, -0.25) is 9.59 Å². The summed E-state index contributed by atoms with van der Waals surface area (Å²) < 4.78 is 21.8. The Morgan fingerprint density at radius 2 is 1.48 bits per heavy atom. The molecule has 2 aromatic rings. The third kappa shape index (κ3) is 3.47. The van der Waals surface area contributed by atoms with Gasteiger partial charge in [0.1, 0.15) is 36.9 Å². The average molecular weight is 395 g/mol. The maximum Gasteiger partial charge on any atom is 0.266 e. The highest BCUT2D eigenvalue weighted by Crippen LogP contribution is 2.35. The summed E-state index contributed by atoms with van der Waals surface area (Å²) in [5.41, 5.74) is 3.00. The predicted molar refractivity (Wildman–Crippen MR) is 104 cm³/mol. The number of nitrogens with zero attached hydrogens (tertiary/aromatic N) is 1. The van der Waals surface area contributed by atoms with Gasteiger partial charge in [0.2, 0.25) is 0 Å². The number of aryl methyl sites for hydroxylation is 2. The van der Waals surface area contributed by atoms with Gasteiger partial charge in [0.05, 0.1) is 30.0 Å². The number of imide groups is 1. The Morgan fingerprint density at radius 3 is 2.10 bits per heavy atom. The largest absolute Gasteiger partial charge is 0.491 e. The first kappa shape index (κ1) is 18.1. The molecule has 29 heavy (non-hydrogen) atoms. The van der Waals surface area contributed by atoms with Gasteiger partial charge >= 0.3 is 0 Å². The lowest BCUT2D eigenvalue weighted by atomic mass is 10.1. The first-order valence-corrected chi connectivity index (χ1v) is 9.64. The van der Waals surface area contributed by atoms with E-state index in [1.54, 1.807) is 30.3 Å². The van der Waals surface area contributed by atoms with E-state index in [0.717, 1.165) is 23.5 Å². The molecule has 2 aromatic carbocycles. The molecule has 2 unspecified atom stereocenters. The fraction of sp³-hybridized carbons (Fsp3) is 0.364. The van der Waals surface area contributed by atoms with E-state index in [4.69, 9.17) is 18.9 Å². The quantitative estimate of drug-likeness (QED) is 0.530. The zero-order valence-corrected chi connectivity index (χ0v) is 16.3. The van der Waals surface area contributed by atoms with Crippen molar-refractivity contribution in [1.29, 1.82) is 0 Å². The van der Waals surface area contributed by atoms with E-state index in [0.29, 0.717) is 42.4 Å². The Labute approximate surface area is 168 Å². The number of rotatable bonds is 7. The lowest BCUT2D eigenvalue weighted by Gasteiger charge is -2.18. The monoisotopic (exact) mass is 395 g/mol. The Kier molecular flexibility index (Phi) is 4.29. The van der Waals surface area contributed by atoms with Crippen LogP contribution in [0.2, 0.25) is 0 Å². The van der Waals surface area contributed by atoms with Gasteiger partial charge in [0.25, 0.3) is 11.8 Å². The van der Waals surface area contributed by atoms with Crippen LogP contribution in [0.5, 0.6) is 11.5 Å². The Hall–Kier alpha value is -2.90. The van der Waals surface area contributed by atoms with Crippen molar-refractivity contribution in [2.45, 2.75) is 26.1 Å². The van der Waals surface area contributed by atoms with Crippen molar-refractivity contribution in [3.63, 3.8) is 0 Å². The van der Waals surface area contributed by atoms with Crippen molar-refractivity contribution >= 4 is 17.5 Å². The van der Waals surface area contributed by atoms with Crippen molar-refractivity contribution in [2.75, 3.05) is 31.3 Å². The topological polar surface area (TPSA) is 80.9 Å². The fourth-order valence-electron chi connectivity index (χ4n) is 3.52. The van der Waals surface area contributed by atoms with E-state index in [1.807, 2.05) is 13.8 Å². The summed E-state index contributed by atoms with van der Waals surface area (Å²) in [6.07, 6.45) is 0.280. The second-order valence-electron chi connectivity index (χ2n) is 7.59. The minimum atomic E-state index is -0.350. The van der Waals surface area contributed by atoms with E-state index in [-0.39, 0.29) is 24.0 Å². The van der Waals surface area contributed by atoms with Crippen molar-refractivity contribution in [1.82, 2.24) is 0 Å². The number of fused-ring (bicyclic) bond motifs is 1. The van der Waals surface area contributed by atoms with Crippen LogP contribution >= 0.6 is 0 Å². The summed E-state index contributed by atoms with van der Waals surface area (Å²) in [5.74, 6) is 0.636. The van der Waals surface area contributed by atoms with Crippen LogP contribution in [0.3, 0.4) is 0 Å². The third-order valence-corrected chi connectivity index (χ3v) is 5.22. The second-order valence-corrected chi connectivity index (χ2v) is 7.59. The van der Waals surface area contributed by atoms with Crippen molar-refractivity contribution in [3.8, 4) is 11.5 Å². The van der Waals surface area contributed by atoms with E-state index >= 15 is 0 Å². The molecule has 7 heteroatoms. The Bertz CT molecular complexity index is 985.